The standard InChI is InChI=1S/C10H18O3/c1-13-8-10(9(11)12)6-4-2-3-5-7-10/h2-8H2,1H3,(H,11,12). The van der Waals surface area contributed by atoms with Crippen molar-refractivity contribution in [1.29, 1.82) is 0 Å². The SMILES string of the molecule is COCC1(C(=O)O)CCCCCC1. The molecule has 0 saturated heterocycles. The zero-order valence-corrected chi connectivity index (χ0v) is 8.21. The number of ether oxygens (including phenoxy) is 1. The molecule has 1 aliphatic carbocycles. The minimum atomic E-state index is -0.684. The van der Waals surface area contributed by atoms with Gasteiger partial charge >= 0.3 is 5.97 Å². The molecule has 1 aliphatic rings. The summed E-state index contributed by atoms with van der Waals surface area (Å²) in [6, 6.07) is 0. The molecule has 0 unspecified atom stereocenters. The maximum atomic E-state index is 11.1. The second kappa shape index (κ2) is 4.61. The summed E-state index contributed by atoms with van der Waals surface area (Å²) in [6.07, 6.45) is 5.93. The number of methoxy groups -OCH3 is 1. The zero-order valence-electron chi connectivity index (χ0n) is 8.21. The number of hydrogen-bond donors (Lipinski definition) is 1. The number of carbonyl (C=O) groups is 1. The molecule has 0 aromatic heterocycles. The van der Waals surface area contributed by atoms with E-state index in [4.69, 9.17) is 9.84 Å². The molecule has 1 saturated carbocycles. The van der Waals surface area contributed by atoms with Crippen molar-refractivity contribution in [1.82, 2.24) is 0 Å². The van der Waals surface area contributed by atoms with Gasteiger partial charge in [0.05, 0.1) is 12.0 Å². The first-order valence-electron chi connectivity index (χ1n) is 4.94. The molecule has 3 nitrogen and oxygen atoms in total. The smallest absolute Gasteiger partial charge is 0.311 e. The Kier molecular flexibility index (Phi) is 3.72. The lowest BCUT2D eigenvalue weighted by Gasteiger charge is -2.26. The van der Waals surface area contributed by atoms with Crippen molar-refractivity contribution in [3.8, 4) is 0 Å². The summed E-state index contributed by atoms with van der Waals surface area (Å²) < 4.78 is 5.02. The quantitative estimate of drug-likeness (QED) is 0.686. The van der Waals surface area contributed by atoms with Crippen molar-refractivity contribution < 1.29 is 14.6 Å². The largest absolute Gasteiger partial charge is 0.481 e. The van der Waals surface area contributed by atoms with Gasteiger partial charge < -0.3 is 9.84 Å². The number of carboxylic acid groups (broad SMARTS) is 1. The topological polar surface area (TPSA) is 46.5 Å². The predicted octanol–water partition coefficient (Wildman–Crippen LogP) is 2.06. The highest BCUT2D eigenvalue weighted by Crippen LogP contribution is 2.35. The van der Waals surface area contributed by atoms with E-state index in [1.54, 1.807) is 7.11 Å². The van der Waals surface area contributed by atoms with Crippen LogP contribution in [-0.2, 0) is 9.53 Å². The van der Waals surface area contributed by atoms with Crippen molar-refractivity contribution in [3.63, 3.8) is 0 Å². The highest BCUT2D eigenvalue weighted by Gasteiger charge is 2.38. The molecular weight excluding hydrogens is 168 g/mol. The fraction of sp³-hybridized carbons (Fsp3) is 0.900. The van der Waals surface area contributed by atoms with Crippen molar-refractivity contribution in [2.45, 2.75) is 38.5 Å². The summed E-state index contributed by atoms with van der Waals surface area (Å²) in [5.41, 5.74) is -0.592. The Hall–Kier alpha value is -0.570. The van der Waals surface area contributed by atoms with Crippen molar-refractivity contribution in [2.24, 2.45) is 5.41 Å². The van der Waals surface area contributed by atoms with Crippen LogP contribution in [0.2, 0.25) is 0 Å². The first-order valence-corrected chi connectivity index (χ1v) is 4.94. The Labute approximate surface area is 79.1 Å². The molecule has 13 heavy (non-hydrogen) atoms. The summed E-state index contributed by atoms with van der Waals surface area (Å²) in [5, 5.41) is 9.16. The molecule has 0 heterocycles. The average molecular weight is 186 g/mol. The van der Waals surface area contributed by atoms with E-state index in [9.17, 15) is 4.79 Å². The van der Waals surface area contributed by atoms with Crippen LogP contribution in [0, 0.1) is 5.41 Å². The van der Waals surface area contributed by atoms with Crippen LogP contribution in [0.1, 0.15) is 38.5 Å². The second-order valence-corrected chi connectivity index (χ2v) is 3.93. The van der Waals surface area contributed by atoms with E-state index >= 15 is 0 Å². The molecule has 76 valence electrons. The molecule has 1 rings (SSSR count). The predicted molar refractivity (Wildman–Crippen MR) is 49.6 cm³/mol. The first kappa shape index (κ1) is 10.5. The van der Waals surface area contributed by atoms with Gasteiger partial charge in [-0.25, -0.2) is 0 Å². The average Bonchev–Trinajstić information content (AvgIpc) is 2.31. The molecule has 0 spiro atoms. The third-order valence-corrected chi connectivity index (χ3v) is 2.93. The molecule has 0 aromatic carbocycles. The minimum absolute atomic E-state index is 0.363. The van der Waals surface area contributed by atoms with Gasteiger partial charge in [0.15, 0.2) is 0 Å². The Morgan fingerprint density at radius 3 is 2.23 bits per heavy atom. The highest BCUT2D eigenvalue weighted by atomic mass is 16.5. The molecular formula is C10H18O3. The maximum Gasteiger partial charge on any atom is 0.311 e. The third-order valence-electron chi connectivity index (χ3n) is 2.93. The number of aliphatic carboxylic acids is 1. The molecule has 0 radical (unpaired) electrons. The highest BCUT2D eigenvalue weighted by molar-refractivity contribution is 5.74. The van der Waals surface area contributed by atoms with Gasteiger partial charge in [-0.3, -0.25) is 4.79 Å². The lowest BCUT2D eigenvalue weighted by Crippen LogP contribution is -2.35. The van der Waals surface area contributed by atoms with Gasteiger partial charge in [0, 0.05) is 7.11 Å². The van der Waals surface area contributed by atoms with Gasteiger partial charge in [-0.2, -0.15) is 0 Å². The molecule has 0 aromatic rings. The van der Waals surface area contributed by atoms with Crippen LogP contribution in [0.4, 0.5) is 0 Å². The van der Waals surface area contributed by atoms with Crippen LogP contribution in [0.25, 0.3) is 0 Å². The first-order chi connectivity index (χ1) is 6.21. The number of rotatable bonds is 3. The van der Waals surface area contributed by atoms with Crippen LogP contribution < -0.4 is 0 Å². The van der Waals surface area contributed by atoms with Crippen molar-refractivity contribution >= 4 is 5.97 Å². The van der Waals surface area contributed by atoms with Crippen LogP contribution in [0.15, 0.2) is 0 Å². The molecule has 1 N–H and O–H groups in total. The van der Waals surface area contributed by atoms with Gasteiger partial charge in [-0.15, -0.1) is 0 Å². The fourth-order valence-electron chi connectivity index (χ4n) is 2.10. The monoisotopic (exact) mass is 186 g/mol. The summed E-state index contributed by atoms with van der Waals surface area (Å²) in [5.74, 6) is -0.684. The lowest BCUT2D eigenvalue weighted by molar-refractivity contribution is -0.153. The number of hydrogen-bond acceptors (Lipinski definition) is 2. The maximum absolute atomic E-state index is 11.1. The van der Waals surface area contributed by atoms with Crippen molar-refractivity contribution in [2.75, 3.05) is 13.7 Å². The summed E-state index contributed by atoms with van der Waals surface area (Å²) in [4.78, 5) is 11.1. The zero-order chi connectivity index (χ0) is 9.73. The van der Waals surface area contributed by atoms with Crippen LogP contribution in [0.5, 0.6) is 0 Å². The molecule has 0 aliphatic heterocycles. The van der Waals surface area contributed by atoms with E-state index in [2.05, 4.69) is 0 Å². The Morgan fingerprint density at radius 1 is 1.31 bits per heavy atom. The Balaban J connectivity index is 2.67. The van der Waals surface area contributed by atoms with Crippen LogP contribution >= 0.6 is 0 Å². The van der Waals surface area contributed by atoms with E-state index in [-0.39, 0.29) is 0 Å². The van der Waals surface area contributed by atoms with Gasteiger partial charge in [-0.1, -0.05) is 25.7 Å². The van der Waals surface area contributed by atoms with E-state index in [1.165, 1.54) is 12.8 Å². The summed E-state index contributed by atoms with van der Waals surface area (Å²) in [6.45, 7) is 0.363. The van der Waals surface area contributed by atoms with Gasteiger partial charge in [0.25, 0.3) is 0 Å². The van der Waals surface area contributed by atoms with E-state index in [1.807, 2.05) is 0 Å². The van der Waals surface area contributed by atoms with E-state index in [0.717, 1.165) is 25.7 Å². The van der Waals surface area contributed by atoms with Crippen molar-refractivity contribution in [3.05, 3.63) is 0 Å². The minimum Gasteiger partial charge on any atom is -0.481 e. The molecule has 3 heteroatoms. The molecule has 0 atom stereocenters. The second-order valence-electron chi connectivity index (χ2n) is 3.93. The Morgan fingerprint density at radius 2 is 1.85 bits per heavy atom. The summed E-state index contributed by atoms with van der Waals surface area (Å²) >= 11 is 0. The Bertz CT molecular complexity index is 169. The molecule has 0 amide bonds. The normalized spacial score (nSPS) is 22.2. The lowest BCUT2D eigenvalue weighted by atomic mass is 9.81. The van der Waals surface area contributed by atoms with Gasteiger partial charge in [0.1, 0.15) is 0 Å². The van der Waals surface area contributed by atoms with Gasteiger partial charge in [0.2, 0.25) is 0 Å². The fourth-order valence-corrected chi connectivity index (χ4v) is 2.10. The molecule has 0 bridgehead atoms. The summed E-state index contributed by atoms with van der Waals surface area (Å²) in [7, 11) is 1.58. The van der Waals surface area contributed by atoms with Crippen LogP contribution in [-0.4, -0.2) is 24.8 Å². The molecule has 1 fully saturated rings. The van der Waals surface area contributed by atoms with E-state index in [0.29, 0.717) is 6.61 Å². The number of carboxylic acids is 1. The van der Waals surface area contributed by atoms with Gasteiger partial charge in [-0.05, 0) is 12.8 Å². The van der Waals surface area contributed by atoms with E-state index < -0.39 is 11.4 Å². The third kappa shape index (κ3) is 2.44. The van der Waals surface area contributed by atoms with Crippen LogP contribution in [0.3, 0.4) is 0 Å².